The molecule has 1 aliphatic heterocycles. The molecule has 0 saturated carbocycles. The van der Waals surface area contributed by atoms with Crippen LogP contribution in [0.2, 0.25) is 0 Å². The highest BCUT2D eigenvalue weighted by atomic mass is 16.5. The van der Waals surface area contributed by atoms with Crippen LogP contribution in [0.4, 0.5) is 5.69 Å². The molecule has 3 nitrogen and oxygen atoms in total. The van der Waals surface area contributed by atoms with Crippen molar-refractivity contribution in [3.8, 4) is 11.8 Å². The molecule has 0 N–H and O–H groups in total. The van der Waals surface area contributed by atoms with Crippen LogP contribution in [-0.2, 0) is 0 Å². The quantitative estimate of drug-likeness (QED) is 0.819. The standard InChI is InChI=1S/C15H20N2O/c1-4-18-14-7-5-13(6-8-14)17-11-12(10-16)9-15(17,2)3/h5-8,12H,4,9,11H2,1-3H3. The van der Waals surface area contributed by atoms with E-state index >= 15 is 0 Å². The van der Waals surface area contributed by atoms with E-state index in [9.17, 15) is 0 Å². The lowest BCUT2D eigenvalue weighted by Crippen LogP contribution is -2.38. The van der Waals surface area contributed by atoms with Gasteiger partial charge >= 0.3 is 0 Å². The zero-order valence-electron chi connectivity index (χ0n) is 11.3. The largest absolute Gasteiger partial charge is 0.494 e. The molecule has 96 valence electrons. The Labute approximate surface area is 109 Å². The van der Waals surface area contributed by atoms with Gasteiger partial charge in [0.05, 0.1) is 18.6 Å². The molecule has 1 fully saturated rings. The van der Waals surface area contributed by atoms with E-state index in [1.54, 1.807) is 0 Å². The van der Waals surface area contributed by atoms with Crippen LogP contribution in [-0.4, -0.2) is 18.7 Å². The monoisotopic (exact) mass is 244 g/mol. The number of hydrogen-bond acceptors (Lipinski definition) is 3. The molecule has 0 bridgehead atoms. The lowest BCUT2D eigenvalue weighted by molar-refractivity contribution is 0.340. The summed E-state index contributed by atoms with van der Waals surface area (Å²) in [6, 6.07) is 10.5. The van der Waals surface area contributed by atoms with Gasteiger partial charge in [-0.15, -0.1) is 0 Å². The van der Waals surface area contributed by atoms with Crippen molar-refractivity contribution in [3.63, 3.8) is 0 Å². The third-order valence-corrected chi connectivity index (χ3v) is 3.52. The SMILES string of the molecule is CCOc1ccc(N2CC(C#N)CC2(C)C)cc1. The second-order valence-corrected chi connectivity index (χ2v) is 5.38. The van der Waals surface area contributed by atoms with Gasteiger partial charge in [-0.2, -0.15) is 5.26 Å². The van der Waals surface area contributed by atoms with Crippen molar-refractivity contribution < 1.29 is 4.74 Å². The fraction of sp³-hybridized carbons (Fsp3) is 0.533. The number of ether oxygens (including phenoxy) is 1. The van der Waals surface area contributed by atoms with E-state index in [-0.39, 0.29) is 11.5 Å². The Balaban J connectivity index is 2.18. The lowest BCUT2D eigenvalue weighted by Gasteiger charge is -2.33. The summed E-state index contributed by atoms with van der Waals surface area (Å²) in [5.74, 6) is 1.03. The topological polar surface area (TPSA) is 36.3 Å². The van der Waals surface area contributed by atoms with Crippen molar-refractivity contribution in [1.82, 2.24) is 0 Å². The molecule has 1 aromatic rings. The van der Waals surface area contributed by atoms with Gasteiger partial charge in [0.15, 0.2) is 0 Å². The van der Waals surface area contributed by atoms with Gasteiger partial charge in [0.2, 0.25) is 0 Å². The third-order valence-electron chi connectivity index (χ3n) is 3.52. The molecule has 1 atom stereocenters. The predicted molar refractivity (Wildman–Crippen MR) is 72.8 cm³/mol. The first kappa shape index (κ1) is 12.8. The molecule has 1 aliphatic rings. The summed E-state index contributed by atoms with van der Waals surface area (Å²) in [5.41, 5.74) is 1.22. The number of nitrogens with zero attached hydrogens (tertiary/aromatic N) is 2. The summed E-state index contributed by atoms with van der Waals surface area (Å²) in [6.45, 7) is 7.87. The predicted octanol–water partition coefficient (Wildman–Crippen LogP) is 3.21. The lowest BCUT2D eigenvalue weighted by atomic mass is 9.97. The Morgan fingerprint density at radius 1 is 1.39 bits per heavy atom. The average Bonchev–Trinajstić information content (AvgIpc) is 2.66. The van der Waals surface area contributed by atoms with E-state index in [0.29, 0.717) is 6.61 Å². The van der Waals surface area contributed by atoms with Gasteiger partial charge < -0.3 is 9.64 Å². The molecule has 3 heteroatoms. The maximum Gasteiger partial charge on any atom is 0.119 e. The first-order valence-corrected chi connectivity index (χ1v) is 6.47. The average molecular weight is 244 g/mol. The first-order chi connectivity index (χ1) is 8.56. The van der Waals surface area contributed by atoms with E-state index in [2.05, 4.69) is 36.9 Å². The molecular formula is C15H20N2O. The van der Waals surface area contributed by atoms with Crippen molar-refractivity contribution in [2.75, 3.05) is 18.1 Å². The summed E-state index contributed by atoms with van der Waals surface area (Å²) in [7, 11) is 0. The normalized spacial score (nSPS) is 21.7. The highest BCUT2D eigenvalue weighted by Crippen LogP contribution is 2.36. The molecule has 1 aromatic carbocycles. The molecular weight excluding hydrogens is 224 g/mol. The van der Waals surface area contributed by atoms with E-state index in [0.717, 1.165) is 18.7 Å². The van der Waals surface area contributed by atoms with E-state index in [1.165, 1.54) is 5.69 Å². The Morgan fingerprint density at radius 2 is 2.06 bits per heavy atom. The number of benzene rings is 1. The van der Waals surface area contributed by atoms with Crippen molar-refractivity contribution in [2.24, 2.45) is 5.92 Å². The maximum atomic E-state index is 9.08. The minimum absolute atomic E-state index is 0.0491. The number of rotatable bonds is 3. The van der Waals surface area contributed by atoms with Gasteiger partial charge in [0.25, 0.3) is 0 Å². The second kappa shape index (κ2) is 4.89. The summed E-state index contributed by atoms with van der Waals surface area (Å²) in [5, 5.41) is 9.08. The third kappa shape index (κ3) is 2.43. The molecule has 18 heavy (non-hydrogen) atoms. The van der Waals surface area contributed by atoms with E-state index in [4.69, 9.17) is 10.00 Å². The minimum Gasteiger partial charge on any atom is -0.494 e. The van der Waals surface area contributed by atoms with Crippen LogP contribution in [0.1, 0.15) is 27.2 Å². The Morgan fingerprint density at radius 3 is 2.56 bits per heavy atom. The van der Waals surface area contributed by atoms with Crippen LogP contribution in [0.15, 0.2) is 24.3 Å². The molecule has 1 unspecified atom stereocenters. The molecule has 0 radical (unpaired) electrons. The van der Waals surface area contributed by atoms with Gasteiger partial charge in [-0.25, -0.2) is 0 Å². The Bertz CT molecular complexity index is 445. The zero-order valence-corrected chi connectivity index (χ0v) is 11.3. The van der Waals surface area contributed by atoms with E-state index in [1.807, 2.05) is 19.1 Å². The van der Waals surface area contributed by atoms with Crippen LogP contribution in [0.25, 0.3) is 0 Å². The Kier molecular flexibility index (Phi) is 3.47. The molecule has 0 aliphatic carbocycles. The van der Waals surface area contributed by atoms with Gasteiger partial charge in [0.1, 0.15) is 5.75 Å². The van der Waals surface area contributed by atoms with Crippen LogP contribution >= 0.6 is 0 Å². The number of hydrogen-bond donors (Lipinski definition) is 0. The molecule has 1 saturated heterocycles. The van der Waals surface area contributed by atoms with Crippen molar-refractivity contribution in [3.05, 3.63) is 24.3 Å². The van der Waals surface area contributed by atoms with Crippen molar-refractivity contribution >= 4 is 5.69 Å². The fourth-order valence-corrected chi connectivity index (χ4v) is 2.68. The van der Waals surface area contributed by atoms with Crippen molar-refractivity contribution in [1.29, 1.82) is 5.26 Å². The van der Waals surface area contributed by atoms with E-state index < -0.39 is 0 Å². The zero-order chi connectivity index (χ0) is 13.2. The number of nitriles is 1. The number of anilines is 1. The fourth-order valence-electron chi connectivity index (χ4n) is 2.68. The molecule has 0 aromatic heterocycles. The second-order valence-electron chi connectivity index (χ2n) is 5.38. The highest BCUT2D eigenvalue weighted by Gasteiger charge is 2.38. The summed E-state index contributed by atoms with van der Waals surface area (Å²) >= 11 is 0. The van der Waals surface area contributed by atoms with Crippen molar-refractivity contribution in [2.45, 2.75) is 32.7 Å². The minimum atomic E-state index is 0.0491. The van der Waals surface area contributed by atoms with Gasteiger partial charge in [-0.3, -0.25) is 0 Å². The Hall–Kier alpha value is -1.69. The van der Waals surface area contributed by atoms with Gasteiger partial charge in [-0.05, 0) is 51.5 Å². The maximum absolute atomic E-state index is 9.08. The summed E-state index contributed by atoms with van der Waals surface area (Å²) < 4.78 is 5.45. The molecule has 0 spiro atoms. The molecule has 0 amide bonds. The van der Waals surface area contributed by atoms with Gasteiger partial charge in [0, 0.05) is 17.8 Å². The molecule has 1 heterocycles. The summed E-state index contributed by atoms with van der Waals surface area (Å²) in [4.78, 5) is 2.32. The van der Waals surface area contributed by atoms with Crippen LogP contribution in [0, 0.1) is 17.2 Å². The van der Waals surface area contributed by atoms with Crippen LogP contribution < -0.4 is 9.64 Å². The van der Waals surface area contributed by atoms with Gasteiger partial charge in [-0.1, -0.05) is 0 Å². The highest BCUT2D eigenvalue weighted by molar-refractivity contribution is 5.52. The molecule has 2 rings (SSSR count). The first-order valence-electron chi connectivity index (χ1n) is 6.47. The smallest absolute Gasteiger partial charge is 0.119 e. The van der Waals surface area contributed by atoms with Crippen LogP contribution in [0.5, 0.6) is 5.75 Å². The van der Waals surface area contributed by atoms with Crippen LogP contribution in [0.3, 0.4) is 0 Å². The summed E-state index contributed by atoms with van der Waals surface area (Å²) in [6.07, 6.45) is 0.927.